The maximum Gasteiger partial charge on any atom is 0.0377 e. The van der Waals surface area contributed by atoms with Gasteiger partial charge in [0.2, 0.25) is 0 Å². The number of hydrogen-bond donors (Lipinski definition) is 1. The first-order valence-corrected chi connectivity index (χ1v) is 4.67. The predicted molar refractivity (Wildman–Crippen MR) is 54.0 cm³/mol. The molecular formula is C11H19N. The molecule has 0 fully saturated rings. The van der Waals surface area contributed by atoms with E-state index in [2.05, 4.69) is 20.4 Å². The summed E-state index contributed by atoms with van der Waals surface area (Å²) in [5.41, 5.74) is 9.02. The zero-order valence-electron chi connectivity index (χ0n) is 8.19. The molecule has 0 saturated carbocycles. The molecule has 1 rings (SSSR count). The summed E-state index contributed by atoms with van der Waals surface area (Å²) in [6, 6.07) is 0. The highest BCUT2D eigenvalue weighted by molar-refractivity contribution is 5.28. The van der Waals surface area contributed by atoms with Crippen LogP contribution >= 0.6 is 0 Å². The molecule has 68 valence electrons. The van der Waals surface area contributed by atoms with Crippen molar-refractivity contribution in [1.29, 1.82) is 0 Å². The van der Waals surface area contributed by atoms with Gasteiger partial charge in [-0.25, -0.2) is 0 Å². The highest BCUT2D eigenvalue weighted by Crippen LogP contribution is 2.33. The molecule has 2 N–H and O–H groups in total. The van der Waals surface area contributed by atoms with E-state index in [9.17, 15) is 0 Å². The Bertz CT molecular complexity index is 211. The van der Waals surface area contributed by atoms with Crippen LogP contribution in [0.1, 0.15) is 39.5 Å². The van der Waals surface area contributed by atoms with Crippen molar-refractivity contribution in [3.63, 3.8) is 0 Å². The minimum Gasteiger partial charge on any atom is -0.322 e. The third-order valence-corrected chi connectivity index (χ3v) is 2.75. The molecule has 0 aromatic rings. The van der Waals surface area contributed by atoms with Gasteiger partial charge in [0.1, 0.15) is 0 Å². The van der Waals surface area contributed by atoms with Crippen LogP contribution in [-0.4, -0.2) is 5.54 Å². The van der Waals surface area contributed by atoms with Crippen molar-refractivity contribution < 1.29 is 0 Å². The Kier molecular flexibility index (Phi) is 2.73. The summed E-state index contributed by atoms with van der Waals surface area (Å²) < 4.78 is 0. The molecule has 1 nitrogen and oxygen atoms in total. The van der Waals surface area contributed by atoms with Gasteiger partial charge < -0.3 is 5.73 Å². The highest BCUT2D eigenvalue weighted by Gasteiger charge is 2.26. The zero-order chi connectivity index (χ0) is 9.19. The Balaban J connectivity index is 2.79. The molecule has 0 bridgehead atoms. The number of hydrogen-bond acceptors (Lipinski definition) is 1. The summed E-state index contributed by atoms with van der Waals surface area (Å²) in [5.74, 6) is 0. The Morgan fingerprint density at radius 1 is 1.58 bits per heavy atom. The van der Waals surface area contributed by atoms with Crippen molar-refractivity contribution in [3.05, 3.63) is 23.8 Å². The lowest BCUT2D eigenvalue weighted by Gasteiger charge is -2.26. The average Bonchev–Trinajstić information content (AvgIpc) is 2.35. The normalized spacial score (nSPS) is 22.6. The van der Waals surface area contributed by atoms with E-state index in [0.29, 0.717) is 0 Å². The first-order chi connectivity index (χ1) is 5.58. The summed E-state index contributed by atoms with van der Waals surface area (Å²) in [7, 11) is 0. The number of nitrogens with two attached hydrogens (primary N) is 1. The molecule has 1 aliphatic carbocycles. The minimum absolute atomic E-state index is 0.137. The molecule has 1 heteroatoms. The topological polar surface area (TPSA) is 26.0 Å². The maximum absolute atomic E-state index is 6.19. The largest absolute Gasteiger partial charge is 0.322 e. The second-order valence-electron chi connectivity index (χ2n) is 4.02. The second-order valence-corrected chi connectivity index (χ2v) is 4.02. The summed E-state index contributed by atoms with van der Waals surface area (Å²) in [6.07, 6.45) is 6.51. The van der Waals surface area contributed by atoms with Crippen LogP contribution in [-0.2, 0) is 0 Å². The van der Waals surface area contributed by atoms with Crippen LogP contribution in [0.15, 0.2) is 23.8 Å². The highest BCUT2D eigenvalue weighted by atomic mass is 14.7. The molecule has 0 spiro atoms. The van der Waals surface area contributed by atoms with Crippen LogP contribution in [0.5, 0.6) is 0 Å². The van der Waals surface area contributed by atoms with E-state index in [1.54, 1.807) is 0 Å². The van der Waals surface area contributed by atoms with Gasteiger partial charge in [0, 0.05) is 5.54 Å². The minimum atomic E-state index is -0.137. The fraction of sp³-hybridized carbons (Fsp3) is 0.636. The third kappa shape index (κ3) is 1.78. The van der Waals surface area contributed by atoms with E-state index in [-0.39, 0.29) is 5.54 Å². The van der Waals surface area contributed by atoms with Crippen LogP contribution in [0.3, 0.4) is 0 Å². The quantitative estimate of drug-likeness (QED) is 0.639. The van der Waals surface area contributed by atoms with Gasteiger partial charge in [-0.3, -0.25) is 0 Å². The van der Waals surface area contributed by atoms with Crippen molar-refractivity contribution in [2.24, 2.45) is 5.73 Å². The van der Waals surface area contributed by atoms with Gasteiger partial charge in [-0.15, -0.1) is 6.58 Å². The van der Waals surface area contributed by atoms with Crippen molar-refractivity contribution in [2.75, 3.05) is 0 Å². The van der Waals surface area contributed by atoms with Crippen LogP contribution < -0.4 is 5.73 Å². The smallest absolute Gasteiger partial charge is 0.0377 e. The van der Waals surface area contributed by atoms with E-state index in [1.807, 2.05) is 6.08 Å². The molecule has 0 aliphatic heterocycles. The van der Waals surface area contributed by atoms with Gasteiger partial charge in [0.25, 0.3) is 0 Å². The van der Waals surface area contributed by atoms with E-state index in [4.69, 9.17) is 5.73 Å². The molecule has 1 atom stereocenters. The summed E-state index contributed by atoms with van der Waals surface area (Å²) in [6.45, 7) is 8.05. The predicted octanol–water partition coefficient (Wildman–Crippen LogP) is 2.78. The van der Waals surface area contributed by atoms with Crippen molar-refractivity contribution in [1.82, 2.24) is 0 Å². The first-order valence-electron chi connectivity index (χ1n) is 4.67. The van der Waals surface area contributed by atoms with Gasteiger partial charge in [-0.2, -0.15) is 0 Å². The standard InChI is InChI=1S/C11H19N/c1-4-8-11(3,12)10-7-5-6-9(10)2/h4H,1,5-8,12H2,2-3H3. The zero-order valence-corrected chi connectivity index (χ0v) is 8.19. The Labute approximate surface area is 75.3 Å². The van der Waals surface area contributed by atoms with Crippen molar-refractivity contribution in [2.45, 2.75) is 45.1 Å². The van der Waals surface area contributed by atoms with Gasteiger partial charge in [0.15, 0.2) is 0 Å². The number of rotatable bonds is 3. The van der Waals surface area contributed by atoms with Gasteiger partial charge in [0.05, 0.1) is 0 Å². The van der Waals surface area contributed by atoms with E-state index < -0.39 is 0 Å². The van der Waals surface area contributed by atoms with Crippen LogP contribution in [0.4, 0.5) is 0 Å². The Hall–Kier alpha value is -0.560. The summed E-state index contributed by atoms with van der Waals surface area (Å²) >= 11 is 0. The van der Waals surface area contributed by atoms with Crippen LogP contribution in [0.2, 0.25) is 0 Å². The van der Waals surface area contributed by atoms with E-state index in [0.717, 1.165) is 6.42 Å². The fourth-order valence-electron chi connectivity index (χ4n) is 2.09. The lowest BCUT2D eigenvalue weighted by molar-refractivity contribution is 0.540. The van der Waals surface area contributed by atoms with Gasteiger partial charge in [-0.1, -0.05) is 17.2 Å². The molecule has 0 heterocycles. The monoisotopic (exact) mass is 165 g/mol. The van der Waals surface area contributed by atoms with Crippen molar-refractivity contribution >= 4 is 0 Å². The van der Waals surface area contributed by atoms with E-state index >= 15 is 0 Å². The molecule has 1 unspecified atom stereocenters. The van der Waals surface area contributed by atoms with E-state index in [1.165, 1.54) is 30.4 Å². The van der Waals surface area contributed by atoms with Crippen LogP contribution in [0, 0.1) is 0 Å². The molecule has 0 aromatic heterocycles. The lowest BCUT2D eigenvalue weighted by Crippen LogP contribution is -2.37. The molecule has 12 heavy (non-hydrogen) atoms. The molecule has 0 aromatic carbocycles. The molecule has 0 amide bonds. The second kappa shape index (κ2) is 3.44. The Morgan fingerprint density at radius 2 is 2.25 bits per heavy atom. The molecular weight excluding hydrogens is 146 g/mol. The SMILES string of the molecule is C=CCC(C)(N)C1=C(C)CCC1. The third-order valence-electron chi connectivity index (χ3n) is 2.75. The average molecular weight is 165 g/mol. The summed E-state index contributed by atoms with van der Waals surface area (Å²) in [4.78, 5) is 0. The van der Waals surface area contributed by atoms with Crippen molar-refractivity contribution in [3.8, 4) is 0 Å². The molecule has 0 saturated heterocycles. The number of allylic oxidation sites excluding steroid dienone is 1. The lowest BCUT2D eigenvalue weighted by atomic mass is 9.87. The first kappa shape index (κ1) is 9.53. The van der Waals surface area contributed by atoms with Gasteiger partial charge in [-0.05, 0) is 39.5 Å². The fourth-order valence-corrected chi connectivity index (χ4v) is 2.09. The maximum atomic E-state index is 6.19. The van der Waals surface area contributed by atoms with Crippen LogP contribution in [0.25, 0.3) is 0 Å². The summed E-state index contributed by atoms with van der Waals surface area (Å²) in [5, 5.41) is 0. The molecule has 0 radical (unpaired) electrons. The van der Waals surface area contributed by atoms with Gasteiger partial charge >= 0.3 is 0 Å². The molecule has 1 aliphatic rings. The Morgan fingerprint density at radius 3 is 2.67 bits per heavy atom.